The summed E-state index contributed by atoms with van der Waals surface area (Å²) in [6, 6.07) is 0. The van der Waals surface area contributed by atoms with Gasteiger partial charge in [-0.05, 0) is 26.2 Å². The van der Waals surface area contributed by atoms with Crippen molar-refractivity contribution in [2.24, 2.45) is 10.8 Å². The Morgan fingerprint density at radius 2 is 2.14 bits per heavy atom. The summed E-state index contributed by atoms with van der Waals surface area (Å²) in [6.07, 6.45) is 5.16. The lowest BCUT2D eigenvalue weighted by Gasteiger charge is -2.56. The Morgan fingerprint density at radius 1 is 1.43 bits per heavy atom. The maximum Gasteiger partial charge on any atom is 0.302 e. The third-order valence-corrected chi connectivity index (χ3v) is 6.77. The summed E-state index contributed by atoms with van der Waals surface area (Å²) in [5.41, 5.74) is 1.22. The summed E-state index contributed by atoms with van der Waals surface area (Å²) in [5, 5.41) is 0. The van der Waals surface area contributed by atoms with Gasteiger partial charge in [-0.1, -0.05) is 25.5 Å². The van der Waals surface area contributed by atoms with Gasteiger partial charge in [0.2, 0.25) is 0 Å². The van der Waals surface area contributed by atoms with Gasteiger partial charge in [0.25, 0.3) is 0 Å². The van der Waals surface area contributed by atoms with Gasteiger partial charge in [0, 0.05) is 17.8 Å². The van der Waals surface area contributed by atoms with Gasteiger partial charge in [-0.3, -0.25) is 4.79 Å². The van der Waals surface area contributed by atoms with Crippen molar-refractivity contribution in [3.8, 4) is 0 Å². The van der Waals surface area contributed by atoms with Crippen molar-refractivity contribution in [2.45, 2.75) is 70.9 Å². The number of epoxide rings is 1. The highest BCUT2D eigenvalue weighted by atomic mass is 16.7. The number of carbonyl (C=O) groups is 1. The number of carbonyl (C=O) groups excluding carboxylic acids is 1. The number of hydrogen-bond acceptors (Lipinski definition) is 4. The lowest BCUT2D eigenvalue weighted by Crippen LogP contribution is -2.61. The third kappa shape index (κ3) is 1.50. The van der Waals surface area contributed by atoms with Crippen LogP contribution in [-0.4, -0.2) is 36.5 Å². The Kier molecular flexibility index (Phi) is 2.56. The molecule has 116 valence electrons. The van der Waals surface area contributed by atoms with E-state index in [4.69, 9.17) is 14.2 Å². The quantitative estimate of drug-likeness (QED) is 0.423. The van der Waals surface area contributed by atoms with Gasteiger partial charge >= 0.3 is 5.97 Å². The van der Waals surface area contributed by atoms with Crippen LogP contribution in [0.25, 0.3) is 0 Å². The molecule has 2 aliphatic carbocycles. The fourth-order valence-electron chi connectivity index (χ4n) is 5.15. The molecule has 1 spiro atoms. The highest BCUT2D eigenvalue weighted by molar-refractivity contribution is 5.66. The van der Waals surface area contributed by atoms with E-state index in [2.05, 4.69) is 26.8 Å². The maximum absolute atomic E-state index is 11.4. The average Bonchev–Trinajstić information content (AvgIpc) is 3.15. The molecule has 6 atom stereocenters. The molecule has 2 heterocycles. The zero-order valence-electron chi connectivity index (χ0n) is 13.3. The van der Waals surface area contributed by atoms with Crippen molar-refractivity contribution in [1.29, 1.82) is 0 Å². The molecule has 2 saturated heterocycles. The normalized spacial score (nSPS) is 54.1. The van der Waals surface area contributed by atoms with Crippen LogP contribution < -0.4 is 0 Å². The van der Waals surface area contributed by atoms with Crippen molar-refractivity contribution in [1.82, 2.24) is 0 Å². The summed E-state index contributed by atoms with van der Waals surface area (Å²) in [6.45, 7) is 9.03. The van der Waals surface area contributed by atoms with Gasteiger partial charge in [0.1, 0.15) is 17.8 Å². The molecule has 4 heteroatoms. The molecule has 6 unspecified atom stereocenters. The molecule has 0 aromatic rings. The number of fused-ring (bicyclic) bond motifs is 2. The average molecular weight is 292 g/mol. The molecule has 0 N–H and O–H groups in total. The van der Waals surface area contributed by atoms with Gasteiger partial charge in [-0.15, -0.1) is 0 Å². The SMILES string of the molecule is CC(=O)OC1CC2(C)C3(C)CCC(C)=CC3OC1C21CO1. The summed E-state index contributed by atoms with van der Waals surface area (Å²) < 4.78 is 18.0. The van der Waals surface area contributed by atoms with Crippen molar-refractivity contribution in [3.63, 3.8) is 0 Å². The third-order valence-electron chi connectivity index (χ3n) is 6.77. The van der Waals surface area contributed by atoms with Crippen LogP contribution in [0.2, 0.25) is 0 Å². The number of allylic oxidation sites excluding steroid dienone is 1. The van der Waals surface area contributed by atoms with Crippen LogP contribution in [0.1, 0.15) is 47.0 Å². The zero-order chi connectivity index (χ0) is 15.0. The lowest BCUT2D eigenvalue weighted by atomic mass is 9.53. The highest BCUT2D eigenvalue weighted by Gasteiger charge is 2.80. The molecule has 0 aromatic carbocycles. The van der Waals surface area contributed by atoms with E-state index < -0.39 is 0 Å². The van der Waals surface area contributed by atoms with Crippen molar-refractivity contribution in [2.75, 3.05) is 6.61 Å². The first-order valence-corrected chi connectivity index (χ1v) is 7.96. The summed E-state index contributed by atoms with van der Waals surface area (Å²) >= 11 is 0. The Balaban J connectivity index is 1.78. The van der Waals surface area contributed by atoms with E-state index in [9.17, 15) is 4.79 Å². The van der Waals surface area contributed by atoms with E-state index in [1.807, 2.05) is 0 Å². The number of esters is 1. The molecule has 0 amide bonds. The summed E-state index contributed by atoms with van der Waals surface area (Å²) in [5.74, 6) is -0.226. The molecule has 4 rings (SSSR count). The zero-order valence-corrected chi connectivity index (χ0v) is 13.3. The molecule has 0 aromatic heterocycles. The van der Waals surface area contributed by atoms with E-state index in [1.165, 1.54) is 12.5 Å². The molecule has 2 bridgehead atoms. The van der Waals surface area contributed by atoms with Crippen LogP contribution in [0.4, 0.5) is 0 Å². The second-order valence-corrected chi connectivity index (χ2v) is 7.77. The lowest BCUT2D eigenvalue weighted by molar-refractivity contribution is -0.201. The van der Waals surface area contributed by atoms with Crippen LogP contribution in [-0.2, 0) is 19.0 Å². The maximum atomic E-state index is 11.4. The Labute approximate surface area is 125 Å². The van der Waals surface area contributed by atoms with E-state index in [0.717, 1.165) is 25.9 Å². The summed E-state index contributed by atoms with van der Waals surface area (Å²) in [7, 11) is 0. The van der Waals surface area contributed by atoms with Crippen molar-refractivity contribution in [3.05, 3.63) is 11.6 Å². The molecule has 2 aliphatic heterocycles. The Bertz CT molecular complexity index is 535. The van der Waals surface area contributed by atoms with Crippen LogP contribution in [0.15, 0.2) is 11.6 Å². The Hall–Kier alpha value is -0.870. The first-order valence-electron chi connectivity index (χ1n) is 7.96. The van der Waals surface area contributed by atoms with Crippen molar-refractivity contribution >= 4 is 5.97 Å². The van der Waals surface area contributed by atoms with Gasteiger partial charge in [0.05, 0.1) is 12.7 Å². The van der Waals surface area contributed by atoms with E-state index in [0.29, 0.717) is 0 Å². The molecule has 1 saturated carbocycles. The van der Waals surface area contributed by atoms with Crippen molar-refractivity contribution < 1.29 is 19.0 Å². The fourth-order valence-corrected chi connectivity index (χ4v) is 5.15. The van der Waals surface area contributed by atoms with E-state index >= 15 is 0 Å². The predicted octanol–water partition coefficient (Wildman–Crippen LogP) is 2.61. The Morgan fingerprint density at radius 3 is 2.76 bits per heavy atom. The standard InChI is InChI=1S/C17H24O4/c1-10-5-6-15(3)13(7-10)21-14-12(20-11(2)18)8-16(15,4)17(14)9-19-17/h7,12-14H,5-6,8-9H2,1-4H3. The van der Waals surface area contributed by atoms with Crippen LogP contribution in [0, 0.1) is 10.8 Å². The predicted molar refractivity (Wildman–Crippen MR) is 76.7 cm³/mol. The topological polar surface area (TPSA) is 48.1 Å². The second kappa shape index (κ2) is 3.90. The molecule has 21 heavy (non-hydrogen) atoms. The van der Waals surface area contributed by atoms with Crippen LogP contribution in [0.5, 0.6) is 0 Å². The minimum Gasteiger partial charge on any atom is -0.460 e. The van der Waals surface area contributed by atoms with Gasteiger partial charge in [-0.25, -0.2) is 0 Å². The molecule has 0 radical (unpaired) electrons. The molecule has 4 nitrogen and oxygen atoms in total. The first kappa shape index (κ1) is 13.8. The number of ether oxygens (including phenoxy) is 3. The van der Waals surface area contributed by atoms with Gasteiger partial charge in [0.15, 0.2) is 0 Å². The number of hydrogen-bond donors (Lipinski definition) is 0. The minimum absolute atomic E-state index is 0.00486. The van der Waals surface area contributed by atoms with Crippen LogP contribution >= 0.6 is 0 Å². The van der Waals surface area contributed by atoms with Gasteiger partial charge in [-0.2, -0.15) is 0 Å². The van der Waals surface area contributed by atoms with E-state index in [-0.39, 0.29) is 40.7 Å². The monoisotopic (exact) mass is 292 g/mol. The summed E-state index contributed by atoms with van der Waals surface area (Å²) in [4.78, 5) is 11.4. The minimum atomic E-state index is -0.239. The number of rotatable bonds is 1. The molecular weight excluding hydrogens is 268 g/mol. The van der Waals surface area contributed by atoms with Crippen LogP contribution in [0.3, 0.4) is 0 Å². The molecule has 4 aliphatic rings. The molecule has 3 fully saturated rings. The highest BCUT2D eigenvalue weighted by Crippen LogP contribution is 2.71. The largest absolute Gasteiger partial charge is 0.460 e. The molecular formula is C17H24O4. The fraction of sp³-hybridized carbons (Fsp3) is 0.824. The first-order chi connectivity index (χ1) is 9.82. The second-order valence-electron chi connectivity index (χ2n) is 7.77. The van der Waals surface area contributed by atoms with E-state index in [1.54, 1.807) is 0 Å². The smallest absolute Gasteiger partial charge is 0.302 e. The van der Waals surface area contributed by atoms with Gasteiger partial charge < -0.3 is 14.2 Å².